The second-order valence-electron chi connectivity index (χ2n) is 10.0. The third kappa shape index (κ3) is 5.13. The molecule has 0 bridgehead atoms. The van der Waals surface area contributed by atoms with Crippen LogP contribution in [0.1, 0.15) is 12.8 Å². The number of aromatic hydroxyl groups is 2. The molecule has 8 N–H and O–H groups in total. The molecule has 216 valence electrons. The molecule has 2 heterocycles. The lowest BCUT2D eigenvalue weighted by molar-refractivity contribution is -0.300. The standard InChI is InChI=1S/C27H30O13/c28-10-20-22(33)23(34)24(39-17-5-6-27(36,11-29)25(17)35)26(40-20)37-14-7-15(31)21-16(32)9-18(38-19(21)8-14)12-1-3-13(30)4-2-12/h1-4,7-9,17,20,22-26,28-31,33-36H,5-6,10-11H2/t17?,20-,22-,23+,24-,25+,26?,27+/m1/s1. The minimum absolute atomic E-state index is 0.00723. The van der Waals surface area contributed by atoms with Crippen molar-refractivity contribution in [1.29, 1.82) is 0 Å². The van der Waals surface area contributed by atoms with Crippen LogP contribution in [0.4, 0.5) is 0 Å². The predicted octanol–water partition coefficient (Wildman–Crippen LogP) is -0.679. The van der Waals surface area contributed by atoms with E-state index in [-0.39, 0.29) is 41.1 Å². The summed E-state index contributed by atoms with van der Waals surface area (Å²) in [6.45, 7) is -1.41. The van der Waals surface area contributed by atoms with Crippen LogP contribution in [0.3, 0.4) is 0 Å². The lowest BCUT2D eigenvalue weighted by atomic mass is 9.98. The van der Waals surface area contributed by atoms with Gasteiger partial charge in [-0.05, 0) is 37.1 Å². The molecular formula is C27H30O13. The van der Waals surface area contributed by atoms with Crippen molar-refractivity contribution in [3.05, 3.63) is 52.7 Å². The van der Waals surface area contributed by atoms with Crippen LogP contribution in [-0.4, -0.2) is 103 Å². The SMILES string of the molecule is O=c1cc(-c2ccc(O)cc2)oc2cc(OC3O[C@H](CO)[C@@H](O)[C@H](O)[C@H]3OC3CC[C@](O)(CO)[C@H]3O)cc(O)c12. The first-order valence-electron chi connectivity index (χ1n) is 12.6. The molecule has 0 spiro atoms. The summed E-state index contributed by atoms with van der Waals surface area (Å²) in [6, 6.07) is 9.49. The van der Waals surface area contributed by atoms with Gasteiger partial charge in [0.15, 0.2) is 5.43 Å². The van der Waals surface area contributed by atoms with Crippen molar-refractivity contribution in [3.8, 4) is 28.6 Å². The first-order valence-corrected chi connectivity index (χ1v) is 12.6. The molecule has 1 saturated heterocycles. The van der Waals surface area contributed by atoms with E-state index in [0.29, 0.717) is 5.56 Å². The highest BCUT2D eigenvalue weighted by Crippen LogP contribution is 2.37. The Kier molecular flexibility index (Phi) is 7.74. The Hall–Kier alpha value is -3.27. The first-order chi connectivity index (χ1) is 19.0. The van der Waals surface area contributed by atoms with Crippen molar-refractivity contribution < 1.29 is 59.5 Å². The molecule has 8 atom stereocenters. The fourth-order valence-corrected chi connectivity index (χ4v) is 5.07. The molecule has 2 aromatic carbocycles. The van der Waals surface area contributed by atoms with Crippen LogP contribution >= 0.6 is 0 Å². The fourth-order valence-electron chi connectivity index (χ4n) is 5.07. The summed E-state index contributed by atoms with van der Waals surface area (Å²) in [6.07, 6.45) is -9.98. The highest BCUT2D eigenvalue weighted by molar-refractivity contribution is 5.86. The average molecular weight is 563 g/mol. The molecule has 1 saturated carbocycles. The van der Waals surface area contributed by atoms with Crippen molar-refractivity contribution in [2.45, 2.75) is 61.4 Å². The van der Waals surface area contributed by atoms with Gasteiger partial charge >= 0.3 is 0 Å². The van der Waals surface area contributed by atoms with Gasteiger partial charge in [0.2, 0.25) is 6.29 Å². The second kappa shape index (κ2) is 11.0. The van der Waals surface area contributed by atoms with Crippen molar-refractivity contribution >= 4 is 11.0 Å². The Morgan fingerprint density at radius 2 is 1.73 bits per heavy atom. The quantitative estimate of drug-likeness (QED) is 0.179. The summed E-state index contributed by atoms with van der Waals surface area (Å²) < 4.78 is 23.2. The number of benzene rings is 2. The Morgan fingerprint density at radius 1 is 1.00 bits per heavy atom. The summed E-state index contributed by atoms with van der Waals surface area (Å²) in [7, 11) is 0. The van der Waals surface area contributed by atoms with Gasteiger partial charge in [-0.3, -0.25) is 4.79 Å². The van der Waals surface area contributed by atoms with E-state index in [9.17, 15) is 45.6 Å². The maximum Gasteiger partial charge on any atom is 0.229 e. The van der Waals surface area contributed by atoms with Crippen LogP contribution in [0.5, 0.6) is 17.2 Å². The van der Waals surface area contributed by atoms with E-state index in [1.54, 1.807) is 0 Å². The van der Waals surface area contributed by atoms with E-state index in [1.165, 1.54) is 36.4 Å². The fraction of sp³-hybridized carbons (Fsp3) is 0.444. The number of hydrogen-bond donors (Lipinski definition) is 8. The normalized spacial score (nSPS) is 32.4. The molecule has 0 radical (unpaired) electrons. The zero-order valence-electron chi connectivity index (χ0n) is 21.0. The Labute approximate surface area is 226 Å². The van der Waals surface area contributed by atoms with Gasteiger partial charge in [0.1, 0.15) is 70.1 Å². The smallest absolute Gasteiger partial charge is 0.229 e. The van der Waals surface area contributed by atoms with E-state index >= 15 is 0 Å². The molecule has 5 rings (SSSR count). The summed E-state index contributed by atoms with van der Waals surface area (Å²) >= 11 is 0. The van der Waals surface area contributed by atoms with Gasteiger partial charge in [-0.2, -0.15) is 0 Å². The largest absolute Gasteiger partial charge is 0.508 e. The summed E-state index contributed by atoms with van der Waals surface area (Å²) in [5.41, 5.74) is -1.94. The zero-order chi connectivity index (χ0) is 28.8. The summed E-state index contributed by atoms with van der Waals surface area (Å²) in [5, 5.41) is 81.2. The molecule has 1 aliphatic heterocycles. The van der Waals surface area contributed by atoms with Crippen LogP contribution in [0.25, 0.3) is 22.3 Å². The van der Waals surface area contributed by atoms with Crippen LogP contribution in [0.2, 0.25) is 0 Å². The minimum atomic E-state index is -1.81. The van der Waals surface area contributed by atoms with E-state index in [2.05, 4.69) is 0 Å². The summed E-state index contributed by atoms with van der Waals surface area (Å²) in [4.78, 5) is 12.8. The van der Waals surface area contributed by atoms with Crippen molar-refractivity contribution in [1.82, 2.24) is 0 Å². The van der Waals surface area contributed by atoms with Gasteiger partial charge in [-0.1, -0.05) is 0 Å². The number of hydrogen-bond acceptors (Lipinski definition) is 13. The molecule has 13 heteroatoms. The summed E-state index contributed by atoms with van der Waals surface area (Å²) in [5.74, 6) is -0.405. The zero-order valence-corrected chi connectivity index (χ0v) is 21.0. The lowest BCUT2D eigenvalue weighted by Gasteiger charge is -2.43. The molecule has 40 heavy (non-hydrogen) atoms. The third-order valence-corrected chi connectivity index (χ3v) is 7.38. The topological polar surface area (TPSA) is 220 Å². The maximum atomic E-state index is 12.8. The molecule has 3 aromatic rings. The molecule has 1 aliphatic carbocycles. The molecule has 2 aliphatic rings. The van der Waals surface area contributed by atoms with E-state index in [4.69, 9.17) is 18.6 Å². The second-order valence-corrected chi connectivity index (χ2v) is 10.0. The van der Waals surface area contributed by atoms with E-state index < -0.39 is 72.9 Å². The number of phenols is 2. The van der Waals surface area contributed by atoms with Gasteiger partial charge in [0, 0.05) is 23.8 Å². The highest BCUT2D eigenvalue weighted by Gasteiger charge is 2.52. The average Bonchev–Trinajstić information content (AvgIpc) is 3.21. The van der Waals surface area contributed by atoms with Gasteiger partial charge in [-0.25, -0.2) is 0 Å². The van der Waals surface area contributed by atoms with E-state index in [0.717, 1.165) is 6.07 Å². The predicted molar refractivity (Wildman–Crippen MR) is 136 cm³/mol. The monoisotopic (exact) mass is 562 g/mol. The Bertz CT molecular complexity index is 1410. The van der Waals surface area contributed by atoms with Crippen LogP contribution in [-0.2, 0) is 9.47 Å². The third-order valence-electron chi connectivity index (χ3n) is 7.38. The Morgan fingerprint density at radius 3 is 2.38 bits per heavy atom. The maximum absolute atomic E-state index is 12.8. The number of ether oxygens (including phenoxy) is 3. The number of aliphatic hydroxyl groups is 6. The van der Waals surface area contributed by atoms with E-state index in [1.807, 2.05) is 0 Å². The number of fused-ring (bicyclic) bond motifs is 1. The van der Waals surface area contributed by atoms with Crippen LogP contribution in [0.15, 0.2) is 51.7 Å². The number of aliphatic hydroxyl groups excluding tert-OH is 5. The molecule has 13 nitrogen and oxygen atoms in total. The molecule has 0 amide bonds. The first kappa shape index (κ1) is 28.3. The van der Waals surface area contributed by atoms with Crippen molar-refractivity contribution in [2.75, 3.05) is 13.2 Å². The lowest BCUT2D eigenvalue weighted by Crippen LogP contribution is -2.62. The molecule has 1 aromatic heterocycles. The van der Waals surface area contributed by atoms with Gasteiger partial charge < -0.3 is 59.5 Å². The van der Waals surface area contributed by atoms with Crippen molar-refractivity contribution in [2.24, 2.45) is 0 Å². The molecule has 2 unspecified atom stereocenters. The van der Waals surface area contributed by atoms with Crippen molar-refractivity contribution in [3.63, 3.8) is 0 Å². The Balaban J connectivity index is 1.47. The molecular weight excluding hydrogens is 532 g/mol. The highest BCUT2D eigenvalue weighted by atomic mass is 16.7. The minimum Gasteiger partial charge on any atom is -0.508 e. The van der Waals surface area contributed by atoms with Gasteiger partial charge in [-0.15, -0.1) is 0 Å². The van der Waals surface area contributed by atoms with Crippen LogP contribution in [0, 0.1) is 0 Å². The van der Waals surface area contributed by atoms with Gasteiger partial charge in [0.05, 0.1) is 19.3 Å². The van der Waals surface area contributed by atoms with Gasteiger partial charge in [0.25, 0.3) is 0 Å². The van der Waals surface area contributed by atoms with Crippen LogP contribution < -0.4 is 10.2 Å². The number of rotatable bonds is 7. The molecule has 2 fully saturated rings. The number of phenolic OH excluding ortho intramolecular Hbond substituents is 2.